The van der Waals surface area contributed by atoms with Crippen LogP contribution in [0.3, 0.4) is 0 Å². The van der Waals surface area contributed by atoms with Crippen LogP contribution in [-0.2, 0) is 4.79 Å². The molecule has 3 aliphatic rings. The summed E-state index contributed by atoms with van der Waals surface area (Å²) in [6, 6.07) is 0.710. The zero-order valence-electron chi connectivity index (χ0n) is 9.11. The minimum atomic E-state index is 0.319. The Balaban J connectivity index is 1.52. The van der Waals surface area contributed by atoms with E-state index in [0.29, 0.717) is 29.8 Å². The molecule has 0 aliphatic heterocycles. The Morgan fingerprint density at radius 1 is 1.13 bits per heavy atom. The van der Waals surface area contributed by atoms with Crippen LogP contribution in [0.15, 0.2) is 0 Å². The average Bonchev–Trinajstić information content (AvgIpc) is 2.75. The third-order valence-corrected chi connectivity index (χ3v) is 4.60. The molecule has 0 aromatic heterocycles. The lowest BCUT2D eigenvalue weighted by molar-refractivity contribution is -0.127. The lowest BCUT2D eigenvalue weighted by Crippen LogP contribution is -2.52. The summed E-state index contributed by atoms with van der Waals surface area (Å²) in [4.78, 5) is 12.0. The summed E-state index contributed by atoms with van der Waals surface area (Å²) in [5.74, 6) is 2.21. The van der Waals surface area contributed by atoms with Crippen LogP contribution in [0.1, 0.15) is 38.5 Å². The van der Waals surface area contributed by atoms with Gasteiger partial charge in [-0.1, -0.05) is 6.42 Å². The van der Waals surface area contributed by atoms with Crippen LogP contribution in [0.25, 0.3) is 0 Å². The maximum Gasteiger partial charge on any atom is 0.223 e. The van der Waals surface area contributed by atoms with Gasteiger partial charge in [0.1, 0.15) is 0 Å². The molecule has 15 heavy (non-hydrogen) atoms. The maximum absolute atomic E-state index is 12.0. The van der Waals surface area contributed by atoms with E-state index in [0.717, 1.165) is 25.2 Å². The number of nitrogens with one attached hydrogen (secondary N) is 1. The van der Waals surface area contributed by atoms with Gasteiger partial charge in [0.15, 0.2) is 0 Å². The Hall–Kier alpha value is -0.570. The highest BCUT2D eigenvalue weighted by Crippen LogP contribution is 2.48. The quantitative estimate of drug-likeness (QED) is 0.712. The Morgan fingerprint density at radius 3 is 2.47 bits per heavy atom. The minimum absolute atomic E-state index is 0.319. The van der Waals surface area contributed by atoms with E-state index in [2.05, 4.69) is 5.32 Å². The molecule has 3 saturated carbocycles. The number of amides is 1. The number of hydrogen-bond acceptors (Lipinski definition) is 2. The van der Waals surface area contributed by atoms with Crippen molar-refractivity contribution in [3.63, 3.8) is 0 Å². The van der Waals surface area contributed by atoms with E-state index < -0.39 is 0 Å². The van der Waals surface area contributed by atoms with Crippen LogP contribution in [0, 0.1) is 17.8 Å². The molecular formula is C12H20N2O. The van der Waals surface area contributed by atoms with Crippen LogP contribution in [0.5, 0.6) is 0 Å². The topological polar surface area (TPSA) is 55.1 Å². The van der Waals surface area contributed by atoms with Crippen molar-refractivity contribution in [2.45, 2.75) is 50.6 Å². The second-order valence-corrected chi connectivity index (χ2v) is 5.72. The number of nitrogens with two attached hydrogens (primary N) is 1. The summed E-state index contributed by atoms with van der Waals surface area (Å²) in [5.41, 5.74) is 5.71. The third-order valence-electron chi connectivity index (χ3n) is 4.60. The van der Waals surface area contributed by atoms with E-state index in [1.807, 2.05) is 0 Å². The first-order valence-corrected chi connectivity index (χ1v) is 6.28. The molecule has 3 heteroatoms. The van der Waals surface area contributed by atoms with Crippen molar-refractivity contribution in [2.24, 2.45) is 23.5 Å². The van der Waals surface area contributed by atoms with Crippen LogP contribution < -0.4 is 11.1 Å². The molecule has 3 nitrogen and oxygen atoms in total. The van der Waals surface area contributed by atoms with Gasteiger partial charge in [0.25, 0.3) is 0 Å². The van der Waals surface area contributed by atoms with Crippen LogP contribution in [-0.4, -0.2) is 18.0 Å². The van der Waals surface area contributed by atoms with Gasteiger partial charge in [-0.3, -0.25) is 4.79 Å². The van der Waals surface area contributed by atoms with Crippen molar-refractivity contribution >= 4 is 5.91 Å². The Labute approximate surface area is 90.8 Å². The van der Waals surface area contributed by atoms with Gasteiger partial charge in [-0.15, -0.1) is 0 Å². The van der Waals surface area contributed by atoms with Crippen molar-refractivity contribution in [3.8, 4) is 0 Å². The van der Waals surface area contributed by atoms with Crippen molar-refractivity contribution in [2.75, 3.05) is 0 Å². The second-order valence-electron chi connectivity index (χ2n) is 5.72. The molecule has 0 spiro atoms. The Bertz CT molecular complexity index is 273. The van der Waals surface area contributed by atoms with Gasteiger partial charge in [-0.25, -0.2) is 0 Å². The largest absolute Gasteiger partial charge is 0.353 e. The fourth-order valence-corrected chi connectivity index (χ4v) is 3.65. The Morgan fingerprint density at radius 2 is 1.93 bits per heavy atom. The first kappa shape index (κ1) is 9.64. The molecule has 3 fully saturated rings. The highest BCUT2D eigenvalue weighted by molar-refractivity contribution is 5.79. The van der Waals surface area contributed by atoms with E-state index >= 15 is 0 Å². The normalized spacial score (nSPS) is 47.7. The molecule has 0 aromatic carbocycles. The van der Waals surface area contributed by atoms with Crippen LogP contribution >= 0.6 is 0 Å². The predicted octanol–water partition coefficient (Wildman–Crippen LogP) is 1.03. The smallest absolute Gasteiger partial charge is 0.223 e. The molecule has 0 aromatic rings. The van der Waals surface area contributed by atoms with Gasteiger partial charge >= 0.3 is 0 Å². The molecule has 84 valence electrons. The number of carbonyl (C=O) groups is 1. The highest BCUT2D eigenvalue weighted by atomic mass is 16.2. The molecule has 3 rings (SSSR count). The summed E-state index contributed by atoms with van der Waals surface area (Å²) in [6.07, 6.45) is 7.06. The van der Waals surface area contributed by atoms with Crippen LogP contribution in [0.4, 0.5) is 0 Å². The third kappa shape index (κ3) is 1.67. The first-order valence-electron chi connectivity index (χ1n) is 6.28. The summed E-state index contributed by atoms with van der Waals surface area (Å²) in [6.45, 7) is 0. The standard InChI is InChI=1S/C12H20N2O/c13-9-5-10(6-9)14-12(15)11-4-7-1-2-8(11)3-7/h7-11H,1-6,13H2,(H,14,15). The van der Waals surface area contributed by atoms with Gasteiger partial charge in [0.2, 0.25) is 5.91 Å². The Kier molecular flexibility index (Phi) is 2.23. The van der Waals surface area contributed by atoms with Crippen molar-refractivity contribution in [1.82, 2.24) is 5.32 Å². The van der Waals surface area contributed by atoms with Crippen molar-refractivity contribution < 1.29 is 4.79 Å². The fraction of sp³-hybridized carbons (Fsp3) is 0.917. The number of hydrogen-bond donors (Lipinski definition) is 2. The second kappa shape index (κ2) is 3.48. The van der Waals surface area contributed by atoms with E-state index in [1.54, 1.807) is 0 Å². The minimum Gasteiger partial charge on any atom is -0.353 e. The molecule has 3 unspecified atom stereocenters. The summed E-state index contributed by atoms with van der Waals surface area (Å²) in [7, 11) is 0. The average molecular weight is 208 g/mol. The molecule has 0 heterocycles. The summed E-state index contributed by atoms with van der Waals surface area (Å²) >= 11 is 0. The van der Waals surface area contributed by atoms with E-state index in [1.165, 1.54) is 19.3 Å². The molecule has 2 bridgehead atoms. The zero-order chi connectivity index (χ0) is 10.4. The van der Waals surface area contributed by atoms with Gasteiger partial charge < -0.3 is 11.1 Å². The van der Waals surface area contributed by atoms with E-state index in [-0.39, 0.29) is 0 Å². The predicted molar refractivity (Wildman–Crippen MR) is 58.1 cm³/mol. The lowest BCUT2D eigenvalue weighted by atomic mass is 9.85. The van der Waals surface area contributed by atoms with E-state index in [9.17, 15) is 4.79 Å². The molecule has 1 amide bonds. The van der Waals surface area contributed by atoms with Crippen molar-refractivity contribution in [3.05, 3.63) is 0 Å². The van der Waals surface area contributed by atoms with Gasteiger partial charge in [-0.05, 0) is 43.9 Å². The van der Waals surface area contributed by atoms with Gasteiger partial charge in [-0.2, -0.15) is 0 Å². The maximum atomic E-state index is 12.0. The molecule has 0 radical (unpaired) electrons. The number of rotatable bonds is 2. The number of fused-ring (bicyclic) bond motifs is 2. The van der Waals surface area contributed by atoms with Gasteiger partial charge in [0.05, 0.1) is 0 Å². The molecule has 3 aliphatic carbocycles. The zero-order valence-corrected chi connectivity index (χ0v) is 9.11. The summed E-state index contributed by atoms with van der Waals surface area (Å²) in [5, 5.41) is 3.15. The van der Waals surface area contributed by atoms with Crippen LogP contribution in [0.2, 0.25) is 0 Å². The first-order chi connectivity index (χ1) is 7.22. The SMILES string of the molecule is NC1CC(NC(=O)C2CC3CCC2C3)C1. The summed E-state index contributed by atoms with van der Waals surface area (Å²) < 4.78 is 0. The van der Waals surface area contributed by atoms with E-state index in [4.69, 9.17) is 5.73 Å². The van der Waals surface area contributed by atoms with Gasteiger partial charge in [0, 0.05) is 18.0 Å². The molecular weight excluding hydrogens is 188 g/mol. The molecule has 0 saturated heterocycles. The highest BCUT2D eigenvalue weighted by Gasteiger charge is 2.43. The monoisotopic (exact) mass is 208 g/mol. The molecule has 3 atom stereocenters. The number of carbonyl (C=O) groups excluding carboxylic acids is 1. The fourth-order valence-electron chi connectivity index (χ4n) is 3.65. The molecule has 3 N–H and O–H groups in total. The van der Waals surface area contributed by atoms with Crippen molar-refractivity contribution in [1.29, 1.82) is 0 Å². The lowest BCUT2D eigenvalue weighted by Gasteiger charge is -2.34.